The fourth-order valence-corrected chi connectivity index (χ4v) is 4.92. The molecule has 0 atom stereocenters. The van der Waals surface area contributed by atoms with Gasteiger partial charge < -0.3 is 5.73 Å². The minimum Gasteiger partial charge on any atom is -0.398 e. The van der Waals surface area contributed by atoms with Crippen LogP contribution < -0.4 is 5.73 Å². The van der Waals surface area contributed by atoms with Gasteiger partial charge in [0.15, 0.2) is 0 Å². The van der Waals surface area contributed by atoms with Gasteiger partial charge >= 0.3 is 0 Å². The molecular formula is C15H23FN2O2S. The van der Waals surface area contributed by atoms with Crippen molar-refractivity contribution < 1.29 is 12.8 Å². The second-order valence-electron chi connectivity index (χ2n) is 6.07. The number of nitrogens with two attached hydrogens (primary N) is 1. The lowest BCUT2D eigenvalue weighted by Gasteiger charge is -2.30. The predicted octanol–water partition coefficient (Wildman–Crippen LogP) is 3.00. The molecule has 2 N–H and O–H groups in total. The van der Waals surface area contributed by atoms with Crippen molar-refractivity contribution in [3.63, 3.8) is 0 Å². The first-order chi connectivity index (χ1) is 9.84. The molecule has 1 aromatic rings. The van der Waals surface area contributed by atoms with Gasteiger partial charge in [-0.2, -0.15) is 4.31 Å². The standard InChI is InChI=1S/C15H23FN2O2S/c1-11(2)10-18(12-6-3-4-7-12)21(19,20)15-13(16)8-5-9-14(15)17/h5,8-9,11-12H,3-4,6-7,10,17H2,1-2H3. The molecule has 0 radical (unpaired) electrons. The number of hydrogen-bond acceptors (Lipinski definition) is 3. The molecule has 2 rings (SSSR count). The van der Waals surface area contributed by atoms with Crippen molar-refractivity contribution in [3.05, 3.63) is 24.0 Å². The smallest absolute Gasteiger partial charge is 0.248 e. The maximum atomic E-state index is 14.0. The molecule has 0 heterocycles. The maximum Gasteiger partial charge on any atom is 0.248 e. The summed E-state index contributed by atoms with van der Waals surface area (Å²) in [6.07, 6.45) is 3.70. The van der Waals surface area contributed by atoms with Gasteiger partial charge in [0.25, 0.3) is 0 Å². The molecule has 1 aliphatic carbocycles. The Hall–Kier alpha value is -1.14. The first-order valence-electron chi connectivity index (χ1n) is 7.40. The minimum atomic E-state index is -3.91. The second-order valence-corrected chi connectivity index (χ2v) is 7.89. The van der Waals surface area contributed by atoms with E-state index in [1.165, 1.54) is 16.4 Å². The molecule has 6 heteroatoms. The average Bonchev–Trinajstić information content (AvgIpc) is 2.88. The molecule has 0 saturated heterocycles. The zero-order valence-corrected chi connectivity index (χ0v) is 13.4. The molecule has 21 heavy (non-hydrogen) atoms. The van der Waals surface area contributed by atoms with Gasteiger partial charge in [-0.15, -0.1) is 0 Å². The molecule has 1 aromatic carbocycles. The van der Waals surface area contributed by atoms with Gasteiger partial charge in [-0.05, 0) is 30.9 Å². The highest BCUT2D eigenvalue weighted by molar-refractivity contribution is 7.89. The number of sulfonamides is 1. The number of benzene rings is 1. The Morgan fingerprint density at radius 1 is 1.33 bits per heavy atom. The molecule has 0 aromatic heterocycles. The maximum absolute atomic E-state index is 14.0. The topological polar surface area (TPSA) is 63.4 Å². The highest BCUT2D eigenvalue weighted by atomic mass is 32.2. The number of hydrogen-bond donors (Lipinski definition) is 1. The van der Waals surface area contributed by atoms with E-state index in [0.717, 1.165) is 31.7 Å². The van der Waals surface area contributed by atoms with Gasteiger partial charge in [0.2, 0.25) is 10.0 Å². The van der Waals surface area contributed by atoms with E-state index < -0.39 is 15.8 Å². The molecule has 4 nitrogen and oxygen atoms in total. The summed E-state index contributed by atoms with van der Waals surface area (Å²) in [5.41, 5.74) is 5.70. The van der Waals surface area contributed by atoms with E-state index in [0.29, 0.717) is 6.54 Å². The van der Waals surface area contributed by atoms with E-state index in [9.17, 15) is 12.8 Å². The van der Waals surface area contributed by atoms with Crippen molar-refractivity contribution in [1.82, 2.24) is 4.31 Å². The SMILES string of the molecule is CC(C)CN(C1CCCC1)S(=O)(=O)c1c(N)cccc1F. The minimum absolute atomic E-state index is 0.0262. The Bertz CT molecular complexity index is 575. The quantitative estimate of drug-likeness (QED) is 0.850. The first kappa shape index (κ1) is 16.2. The van der Waals surface area contributed by atoms with Crippen LogP contribution in [0.5, 0.6) is 0 Å². The summed E-state index contributed by atoms with van der Waals surface area (Å²) in [7, 11) is -3.91. The predicted molar refractivity (Wildman–Crippen MR) is 81.8 cm³/mol. The zero-order chi connectivity index (χ0) is 15.6. The van der Waals surface area contributed by atoms with Crippen molar-refractivity contribution in [3.8, 4) is 0 Å². The van der Waals surface area contributed by atoms with Crippen LogP contribution in [0.3, 0.4) is 0 Å². The molecule has 1 aliphatic rings. The van der Waals surface area contributed by atoms with Crippen LogP contribution >= 0.6 is 0 Å². The summed E-state index contributed by atoms with van der Waals surface area (Å²) in [5.74, 6) is -0.602. The molecule has 1 saturated carbocycles. The normalized spacial score (nSPS) is 17.0. The van der Waals surface area contributed by atoms with Gasteiger partial charge in [-0.3, -0.25) is 0 Å². The lowest BCUT2D eigenvalue weighted by molar-refractivity contribution is 0.291. The molecule has 0 aliphatic heterocycles. The highest BCUT2D eigenvalue weighted by Crippen LogP contribution is 2.32. The largest absolute Gasteiger partial charge is 0.398 e. The van der Waals surface area contributed by atoms with Crippen molar-refractivity contribution in [1.29, 1.82) is 0 Å². The number of nitrogens with zero attached hydrogens (tertiary/aromatic N) is 1. The third kappa shape index (κ3) is 3.37. The Balaban J connectivity index is 2.46. The van der Waals surface area contributed by atoms with Gasteiger partial charge in [-0.25, -0.2) is 12.8 Å². The van der Waals surface area contributed by atoms with Crippen LogP contribution in [-0.4, -0.2) is 25.3 Å². The van der Waals surface area contributed by atoms with Crippen molar-refractivity contribution in [2.75, 3.05) is 12.3 Å². The average molecular weight is 314 g/mol. The second kappa shape index (κ2) is 6.32. The molecule has 0 spiro atoms. The van der Waals surface area contributed by atoms with Crippen LogP contribution in [0.15, 0.2) is 23.1 Å². The Kier molecular flexibility index (Phi) is 4.88. The third-order valence-electron chi connectivity index (χ3n) is 3.84. The van der Waals surface area contributed by atoms with Crippen LogP contribution in [0.25, 0.3) is 0 Å². The summed E-state index contributed by atoms with van der Waals surface area (Å²) in [4.78, 5) is -0.377. The fourth-order valence-electron chi connectivity index (χ4n) is 2.91. The number of anilines is 1. The van der Waals surface area contributed by atoms with Gasteiger partial charge in [0.1, 0.15) is 10.7 Å². The number of halogens is 1. The fraction of sp³-hybridized carbons (Fsp3) is 0.600. The molecule has 0 bridgehead atoms. The van der Waals surface area contributed by atoms with Crippen molar-refractivity contribution in [2.24, 2.45) is 5.92 Å². The Morgan fingerprint density at radius 3 is 2.48 bits per heavy atom. The molecular weight excluding hydrogens is 291 g/mol. The monoisotopic (exact) mass is 314 g/mol. The van der Waals surface area contributed by atoms with Crippen LogP contribution in [0.4, 0.5) is 10.1 Å². The first-order valence-corrected chi connectivity index (χ1v) is 8.84. The summed E-state index contributed by atoms with van der Waals surface area (Å²) < 4.78 is 41.3. The van der Waals surface area contributed by atoms with Gasteiger partial charge in [0, 0.05) is 12.6 Å². The molecule has 0 amide bonds. The van der Waals surface area contributed by atoms with Crippen LogP contribution in [0, 0.1) is 11.7 Å². The number of nitrogen functional groups attached to an aromatic ring is 1. The lowest BCUT2D eigenvalue weighted by atomic mass is 10.2. The van der Waals surface area contributed by atoms with Gasteiger partial charge in [0.05, 0.1) is 5.69 Å². The zero-order valence-electron chi connectivity index (χ0n) is 12.5. The molecule has 118 valence electrons. The van der Waals surface area contributed by atoms with E-state index in [1.54, 1.807) is 0 Å². The van der Waals surface area contributed by atoms with Crippen LogP contribution in [0.2, 0.25) is 0 Å². The Labute approximate surface area is 126 Å². The molecule has 0 unspecified atom stereocenters. The van der Waals surface area contributed by atoms with Crippen molar-refractivity contribution in [2.45, 2.75) is 50.5 Å². The number of rotatable bonds is 5. The van der Waals surface area contributed by atoms with E-state index >= 15 is 0 Å². The highest BCUT2D eigenvalue weighted by Gasteiger charge is 2.36. The summed E-state index contributed by atoms with van der Waals surface area (Å²) >= 11 is 0. The Morgan fingerprint density at radius 2 is 1.95 bits per heavy atom. The van der Waals surface area contributed by atoms with Crippen LogP contribution in [0.1, 0.15) is 39.5 Å². The van der Waals surface area contributed by atoms with Gasteiger partial charge in [-0.1, -0.05) is 32.8 Å². The lowest BCUT2D eigenvalue weighted by Crippen LogP contribution is -2.41. The van der Waals surface area contributed by atoms with E-state index in [2.05, 4.69) is 0 Å². The van der Waals surface area contributed by atoms with E-state index in [1.807, 2.05) is 13.8 Å². The summed E-state index contributed by atoms with van der Waals surface area (Å²) in [5, 5.41) is 0. The van der Waals surface area contributed by atoms with E-state index in [-0.39, 0.29) is 22.5 Å². The summed E-state index contributed by atoms with van der Waals surface area (Å²) in [6.45, 7) is 4.31. The third-order valence-corrected chi connectivity index (χ3v) is 5.85. The summed E-state index contributed by atoms with van der Waals surface area (Å²) in [6, 6.07) is 3.95. The van der Waals surface area contributed by atoms with Crippen LogP contribution in [-0.2, 0) is 10.0 Å². The molecule has 1 fully saturated rings. The van der Waals surface area contributed by atoms with Crippen molar-refractivity contribution >= 4 is 15.7 Å². The van der Waals surface area contributed by atoms with E-state index in [4.69, 9.17) is 5.73 Å².